The van der Waals surface area contributed by atoms with Gasteiger partial charge < -0.3 is 15.2 Å². The van der Waals surface area contributed by atoms with Crippen LogP contribution in [0.1, 0.15) is 6.42 Å². The number of nitrogens with one attached hydrogen (secondary N) is 1. The van der Waals surface area contributed by atoms with E-state index in [4.69, 9.17) is 45.1 Å². The minimum atomic E-state index is -2.20. The molecule has 110 valence electrons. The summed E-state index contributed by atoms with van der Waals surface area (Å²) in [6, 6.07) is -1.85. The molecule has 0 unspecified atom stereocenters. The number of carbonyl (C=O) groups is 2. The van der Waals surface area contributed by atoms with Gasteiger partial charge in [0.05, 0.1) is 12.5 Å². The number of rotatable bonds is 2. The third-order valence-electron chi connectivity index (χ3n) is 3.35. The molecule has 1 amide bonds. The Morgan fingerprint density at radius 1 is 1.55 bits per heavy atom. The van der Waals surface area contributed by atoms with Crippen LogP contribution >= 0.6 is 34.8 Å². The number of alkyl halides is 3. The number of carbonyl (C=O) groups excluding carboxylic acids is 2. The van der Waals surface area contributed by atoms with Gasteiger partial charge in [0.15, 0.2) is 0 Å². The molecule has 2 aliphatic rings. The fourth-order valence-electron chi connectivity index (χ4n) is 2.54. The Morgan fingerprint density at radius 3 is 2.75 bits per heavy atom. The molecule has 1 saturated heterocycles. The first-order valence-corrected chi connectivity index (χ1v) is 6.68. The summed E-state index contributed by atoms with van der Waals surface area (Å²) >= 11 is 16.3. The fraction of sp³-hybridized carbons (Fsp3) is 0.778. The van der Waals surface area contributed by atoms with Crippen LogP contribution in [0.2, 0.25) is 0 Å². The third-order valence-corrected chi connectivity index (χ3v) is 3.86. The second kappa shape index (κ2) is 5.46. The summed E-state index contributed by atoms with van der Waals surface area (Å²) < 4.78 is 2.75. The molecule has 1 aliphatic heterocycles. The largest absolute Gasteiger partial charge is 0.459 e. The van der Waals surface area contributed by atoms with Crippen molar-refractivity contribution in [1.29, 1.82) is 0 Å². The van der Waals surface area contributed by atoms with Crippen molar-refractivity contribution in [2.75, 3.05) is 0 Å². The first kappa shape index (κ1) is 15.5. The number of halogens is 3. The molecule has 0 aromatic carbocycles. The number of aliphatic hydroxyl groups is 1. The van der Waals surface area contributed by atoms with E-state index >= 15 is 0 Å². The molecule has 2 rings (SSSR count). The van der Waals surface area contributed by atoms with Gasteiger partial charge in [-0.1, -0.05) is 39.9 Å². The molecule has 0 aromatic rings. The fourth-order valence-corrected chi connectivity index (χ4v) is 2.70. The van der Waals surface area contributed by atoms with E-state index in [2.05, 4.69) is 15.3 Å². The Kier molecular flexibility index (Phi) is 4.22. The lowest BCUT2D eigenvalue weighted by atomic mass is 9.99. The number of amides is 1. The minimum Gasteiger partial charge on any atom is -0.459 e. The number of azide groups is 1. The van der Waals surface area contributed by atoms with Crippen LogP contribution in [-0.4, -0.2) is 45.1 Å². The maximum absolute atomic E-state index is 11.7. The van der Waals surface area contributed by atoms with Crippen LogP contribution < -0.4 is 5.32 Å². The zero-order chi connectivity index (χ0) is 15.1. The van der Waals surface area contributed by atoms with Crippen molar-refractivity contribution in [2.24, 2.45) is 11.0 Å². The molecular formula is C9H9Cl3N4O4. The Bertz CT molecular complexity index is 490. The molecule has 5 atom stereocenters. The highest BCUT2D eigenvalue weighted by atomic mass is 35.6. The van der Waals surface area contributed by atoms with Gasteiger partial charge in [-0.2, -0.15) is 0 Å². The van der Waals surface area contributed by atoms with E-state index in [0.717, 1.165) is 0 Å². The van der Waals surface area contributed by atoms with Crippen molar-refractivity contribution in [3.8, 4) is 0 Å². The summed E-state index contributed by atoms with van der Waals surface area (Å²) in [7, 11) is 0. The first-order valence-electron chi connectivity index (χ1n) is 5.55. The van der Waals surface area contributed by atoms with Gasteiger partial charge in [-0.25, -0.2) is 0 Å². The van der Waals surface area contributed by atoms with Gasteiger partial charge >= 0.3 is 5.97 Å². The maximum Gasteiger partial charge on any atom is 0.306 e. The van der Waals surface area contributed by atoms with Crippen molar-refractivity contribution < 1.29 is 19.4 Å². The standard InChI is InChI=1S/C9H9Cl3N4O4/c10-9(11,12)8(19)14-4-2-1-3(17)20-7(2)6(18)5(4)15-16-13/h2,4-7,18H,1H2,(H,14,19)/t2-,4-,5+,6-,7-/m1/s1. The number of hydrogen-bond acceptors (Lipinski definition) is 5. The van der Waals surface area contributed by atoms with Crippen LogP contribution in [0.5, 0.6) is 0 Å². The van der Waals surface area contributed by atoms with Gasteiger partial charge in [0, 0.05) is 16.9 Å². The number of aliphatic hydroxyl groups excluding tert-OH is 1. The van der Waals surface area contributed by atoms with Crippen molar-refractivity contribution in [1.82, 2.24) is 5.32 Å². The molecule has 20 heavy (non-hydrogen) atoms. The summed E-state index contributed by atoms with van der Waals surface area (Å²) in [6.45, 7) is 0. The number of fused-ring (bicyclic) bond motifs is 1. The van der Waals surface area contributed by atoms with Crippen LogP contribution in [0.3, 0.4) is 0 Å². The van der Waals surface area contributed by atoms with Crippen LogP contribution in [-0.2, 0) is 14.3 Å². The normalized spacial score (nSPS) is 36.0. The monoisotopic (exact) mass is 342 g/mol. The molecule has 2 fully saturated rings. The quantitative estimate of drug-likeness (QED) is 0.253. The predicted molar refractivity (Wildman–Crippen MR) is 69.1 cm³/mol. The predicted octanol–water partition coefficient (Wildman–Crippen LogP) is 0.826. The molecule has 1 aliphatic carbocycles. The smallest absolute Gasteiger partial charge is 0.306 e. The van der Waals surface area contributed by atoms with Gasteiger partial charge in [-0.3, -0.25) is 9.59 Å². The maximum atomic E-state index is 11.7. The molecule has 2 N–H and O–H groups in total. The van der Waals surface area contributed by atoms with E-state index in [1.54, 1.807) is 0 Å². The summed E-state index contributed by atoms with van der Waals surface area (Å²) in [5.74, 6) is -1.98. The lowest BCUT2D eigenvalue weighted by molar-refractivity contribution is -0.145. The molecule has 8 nitrogen and oxygen atoms in total. The van der Waals surface area contributed by atoms with Gasteiger partial charge in [0.25, 0.3) is 9.70 Å². The molecule has 0 spiro atoms. The molecule has 0 radical (unpaired) electrons. The number of ether oxygens (including phenoxy) is 1. The highest BCUT2D eigenvalue weighted by molar-refractivity contribution is 6.76. The van der Waals surface area contributed by atoms with Crippen molar-refractivity contribution >= 4 is 46.7 Å². The molecule has 0 aromatic heterocycles. The van der Waals surface area contributed by atoms with Crippen molar-refractivity contribution in [3.63, 3.8) is 0 Å². The SMILES string of the molecule is [N-]=[N+]=N[C@@H]1[C@@H](O)[C@@H]2OC(=O)C[C@@H]2[C@H]1NC(=O)C(Cl)(Cl)Cl. The number of hydrogen-bond donors (Lipinski definition) is 2. The average molecular weight is 344 g/mol. The van der Waals surface area contributed by atoms with E-state index in [-0.39, 0.29) is 6.42 Å². The van der Waals surface area contributed by atoms with E-state index in [1.807, 2.05) is 0 Å². The van der Waals surface area contributed by atoms with Crippen LogP contribution in [0.25, 0.3) is 10.4 Å². The Morgan fingerprint density at radius 2 is 2.20 bits per heavy atom. The second-order valence-corrected chi connectivity index (χ2v) is 6.79. The van der Waals surface area contributed by atoms with Gasteiger partial charge in [-0.05, 0) is 5.53 Å². The summed E-state index contributed by atoms with van der Waals surface area (Å²) in [6.07, 6.45) is -2.09. The lowest BCUT2D eigenvalue weighted by Gasteiger charge is -2.23. The summed E-state index contributed by atoms with van der Waals surface area (Å²) in [5, 5.41) is 15.8. The van der Waals surface area contributed by atoms with E-state index in [0.29, 0.717) is 0 Å². The van der Waals surface area contributed by atoms with Crippen molar-refractivity contribution in [3.05, 3.63) is 10.4 Å². The zero-order valence-corrected chi connectivity index (χ0v) is 12.0. The Hall–Kier alpha value is -0.920. The molecule has 11 heteroatoms. The highest BCUT2D eigenvalue weighted by Crippen LogP contribution is 2.39. The van der Waals surface area contributed by atoms with Gasteiger partial charge in [0.1, 0.15) is 12.2 Å². The van der Waals surface area contributed by atoms with E-state index in [9.17, 15) is 14.7 Å². The van der Waals surface area contributed by atoms with Crippen LogP contribution in [0.15, 0.2) is 5.11 Å². The third kappa shape index (κ3) is 2.75. The highest BCUT2D eigenvalue weighted by Gasteiger charge is 2.57. The topological polar surface area (TPSA) is 124 Å². The number of esters is 1. The Balaban J connectivity index is 2.24. The zero-order valence-electron chi connectivity index (χ0n) is 9.74. The van der Waals surface area contributed by atoms with Gasteiger partial charge in [-0.15, -0.1) is 0 Å². The average Bonchev–Trinajstić information content (AvgIpc) is 2.81. The van der Waals surface area contributed by atoms with Crippen molar-refractivity contribution in [2.45, 2.75) is 34.5 Å². The minimum absolute atomic E-state index is 0.0238. The van der Waals surface area contributed by atoms with E-state index in [1.165, 1.54) is 0 Å². The summed E-state index contributed by atoms with van der Waals surface area (Å²) in [5.41, 5.74) is 8.52. The van der Waals surface area contributed by atoms with Gasteiger partial charge in [0.2, 0.25) is 0 Å². The van der Waals surface area contributed by atoms with Crippen LogP contribution in [0, 0.1) is 5.92 Å². The lowest BCUT2D eigenvalue weighted by Crippen LogP contribution is -2.49. The number of nitrogens with zero attached hydrogens (tertiary/aromatic N) is 3. The molecule has 0 bridgehead atoms. The van der Waals surface area contributed by atoms with Crippen LogP contribution in [0.4, 0.5) is 0 Å². The Labute approximate surface area is 127 Å². The molecular weight excluding hydrogens is 334 g/mol. The molecule has 1 heterocycles. The second-order valence-electron chi connectivity index (χ2n) is 4.51. The summed E-state index contributed by atoms with van der Waals surface area (Å²) in [4.78, 5) is 25.6. The molecule has 1 saturated carbocycles. The van der Waals surface area contributed by atoms with E-state index < -0.39 is 45.9 Å². The first-order chi connectivity index (χ1) is 9.25.